The fraction of sp³-hybridized carbons (Fsp3) is 0.381. The molecule has 0 aliphatic carbocycles. The first kappa shape index (κ1) is 21.1. The molecule has 3 rings (SSSR count). The maximum absolute atomic E-state index is 11.7. The SMILES string of the molecule is COC(=O)c1ccc(N2CCC(NCc3ccccc3)CC2)c(OC)c1.Cl. The quantitative estimate of drug-likeness (QED) is 0.763. The lowest BCUT2D eigenvalue weighted by Crippen LogP contribution is -2.42. The molecule has 1 aliphatic rings. The molecule has 0 bridgehead atoms. The van der Waals surface area contributed by atoms with Crippen molar-refractivity contribution in [3.63, 3.8) is 0 Å². The Morgan fingerprint density at radius 1 is 1.11 bits per heavy atom. The summed E-state index contributed by atoms with van der Waals surface area (Å²) < 4.78 is 10.3. The Kier molecular flexibility index (Phi) is 7.95. The number of esters is 1. The molecule has 0 radical (unpaired) electrons. The van der Waals surface area contributed by atoms with E-state index in [2.05, 4.69) is 34.5 Å². The van der Waals surface area contributed by atoms with Crippen molar-refractivity contribution in [1.82, 2.24) is 5.32 Å². The lowest BCUT2D eigenvalue weighted by atomic mass is 10.0. The van der Waals surface area contributed by atoms with Crippen LogP contribution < -0.4 is 15.0 Å². The van der Waals surface area contributed by atoms with Crippen LogP contribution in [-0.2, 0) is 11.3 Å². The molecule has 146 valence electrons. The van der Waals surface area contributed by atoms with Crippen LogP contribution in [0.25, 0.3) is 0 Å². The Labute approximate surface area is 167 Å². The van der Waals surface area contributed by atoms with Gasteiger partial charge < -0.3 is 19.7 Å². The molecule has 0 amide bonds. The number of carbonyl (C=O) groups excluding carboxylic acids is 1. The van der Waals surface area contributed by atoms with Crippen LogP contribution in [0.2, 0.25) is 0 Å². The molecule has 2 aromatic carbocycles. The third-order valence-electron chi connectivity index (χ3n) is 4.87. The number of hydrogen-bond acceptors (Lipinski definition) is 5. The van der Waals surface area contributed by atoms with Gasteiger partial charge in [0.25, 0.3) is 0 Å². The highest BCUT2D eigenvalue weighted by molar-refractivity contribution is 5.90. The van der Waals surface area contributed by atoms with Gasteiger partial charge in [0, 0.05) is 25.7 Å². The molecular formula is C21H27ClN2O3. The van der Waals surface area contributed by atoms with Crippen molar-refractivity contribution in [3.8, 4) is 5.75 Å². The first-order valence-electron chi connectivity index (χ1n) is 9.00. The molecule has 1 saturated heterocycles. The van der Waals surface area contributed by atoms with Crippen LogP contribution in [0.4, 0.5) is 5.69 Å². The Balaban J connectivity index is 0.00000261. The van der Waals surface area contributed by atoms with Crippen molar-refractivity contribution < 1.29 is 14.3 Å². The molecular weight excluding hydrogens is 364 g/mol. The minimum atomic E-state index is -0.348. The van der Waals surface area contributed by atoms with Gasteiger partial charge in [0.2, 0.25) is 0 Å². The number of hydrogen-bond donors (Lipinski definition) is 1. The fourth-order valence-electron chi connectivity index (χ4n) is 3.37. The van der Waals surface area contributed by atoms with Crippen molar-refractivity contribution in [2.45, 2.75) is 25.4 Å². The zero-order chi connectivity index (χ0) is 18.4. The Hall–Kier alpha value is -2.24. The van der Waals surface area contributed by atoms with Gasteiger partial charge in [-0.1, -0.05) is 30.3 Å². The highest BCUT2D eigenvalue weighted by atomic mass is 35.5. The van der Waals surface area contributed by atoms with Crippen LogP contribution in [0, 0.1) is 0 Å². The Morgan fingerprint density at radius 3 is 2.44 bits per heavy atom. The highest BCUT2D eigenvalue weighted by Gasteiger charge is 2.22. The van der Waals surface area contributed by atoms with Gasteiger partial charge in [-0.05, 0) is 36.6 Å². The van der Waals surface area contributed by atoms with E-state index in [4.69, 9.17) is 9.47 Å². The smallest absolute Gasteiger partial charge is 0.337 e. The Bertz CT molecular complexity index is 731. The van der Waals surface area contributed by atoms with E-state index >= 15 is 0 Å². The maximum Gasteiger partial charge on any atom is 0.337 e. The third-order valence-corrected chi connectivity index (χ3v) is 4.87. The third kappa shape index (κ3) is 5.37. The summed E-state index contributed by atoms with van der Waals surface area (Å²) in [4.78, 5) is 14.0. The van der Waals surface area contributed by atoms with Gasteiger partial charge in [-0.15, -0.1) is 12.4 Å². The molecule has 1 fully saturated rings. The summed E-state index contributed by atoms with van der Waals surface area (Å²) in [6, 6.07) is 16.5. The van der Waals surface area contributed by atoms with Gasteiger partial charge in [-0.2, -0.15) is 0 Å². The van der Waals surface area contributed by atoms with Crippen LogP contribution >= 0.6 is 12.4 Å². The predicted octanol–water partition coefficient (Wildman–Crippen LogP) is 3.66. The molecule has 6 heteroatoms. The normalized spacial score (nSPS) is 14.4. The largest absolute Gasteiger partial charge is 0.495 e. The number of anilines is 1. The molecule has 1 N–H and O–H groups in total. The van der Waals surface area contributed by atoms with E-state index in [1.165, 1.54) is 12.7 Å². The van der Waals surface area contributed by atoms with Crippen molar-refractivity contribution in [1.29, 1.82) is 0 Å². The van der Waals surface area contributed by atoms with E-state index < -0.39 is 0 Å². The monoisotopic (exact) mass is 390 g/mol. The number of benzene rings is 2. The Morgan fingerprint density at radius 2 is 1.81 bits per heavy atom. The van der Waals surface area contributed by atoms with Gasteiger partial charge in [-0.3, -0.25) is 0 Å². The van der Waals surface area contributed by atoms with Crippen LogP contribution in [0.1, 0.15) is 28.8 Å². The molecule has 1 aliphatic heterocycles. The molecule has 0 unspecified atom stereocenters. The second-order valence-corrected chi connectivity index (χ2v) is 6.51. The van der Waals surface area contributed by atoms with Crippen molar-refractivity contribution >= 4 is 24.1 Å². The molecule has 0 atom stereocenters. The number of methoxy groups -OCH3 is 2. The molecule has 2 aromatic rings. The average molecular weight is 391 g/mol. The fourth-order valence-corrected chi connectivity index (χ4v) is 3.37. The summed E-state index contributed by atoms with van der Waals surface area (Å²) in [5.74, 6) is 0.363. The van der Waals surface area contributed by atoms with Gasteiger partial charge >= 0.3 is 5.97 Å². The summed E-state index contributed by atoms with van der Waals surface area (Å²) in [7, 11) is 3.02. The zero-order valence-corrected chi connectivity index (χ0v) is 16.6. The number of ether oxygens (including phenoxy) is 2. The van der Waals surface area contributed by atoms with Crippen LogP contribution in [0.5, 0.6) is 5.75 Å². The lowest BCUT2D eigenvalue weighted by molar-refractivity contribution is 0.0600. The molecule has 5 nitrogen and oxygen atoms in total. The highest BCUT2D eigenvalue weighted by Crippen LogP contribution is 2.31. The van der Waals surface area contributed by atoms with Crippen molar-refractivity contribution in [3.05, 3.63) is 59.7 Å². The molecule has 0 aromatic heterocycles. The van der Waals surface area contributed by atoms with Crippen LogP contribution in [-0.4, -0.2) is 39.3 Å². The predicted molar refractivity (Wildman–Crippen MR) is 110 cm³/mol. The summed E-state index contributed by atoms with van der Waals surface area (Å²) in [6.07, 6.45) is 2.16. The maximum atomic E-state index is 11.7. The summed E-state index contributed by atoms with van der Waals surface area (Å²) in [5.41, 5.74) is 2.85. The standard InChI is InChI=1S/C21H26N2O3.ClH/c1-25-20-14-17(21(24)26-2)8-9-19(20)23-12-10-18(11-13-23)22-15-16-6-4-3-5-7-16;/h3-9,14,18,22H,10-13,15H2,1-2H3;1H. The van der Waals surface area contributed by atoms with E-state index in [1.54, 1.807) is 19.2 Å². The van der Waals surface area contributed by atoms with E-state index in [-0.39, 0.29) is 18.4 Å². The number of nitrogens with one attached hydrogen (secondary N) is 1. The topological polar surface area (TPSA) is 50.8 Å². The minimum absolute atomic E-state index is 0. The van der Waals surface area contributed by atoms with Gasteiger partial charge in [0.1, 0.15) is 5.75 Å². The number of halogens is 1. The number of nitrogens with zero attached hydrogens (tertiary/aromatic N) is 1. The number of rotatable bonds is 6. The number of carbonyl (C=O) groups is 1. The second kappa shape index (κ2) is 10.2. The molecule has 0 spiro atoms. The zero-order valence-electron chi connectivity index (χ0n) is 15.8. The van der Waals surface area contributed by atoms with E-state index in [1.807, 2.05) is 12.1 Å². The molecule has 1 heterocycles. The average Bonchev–Trinajstić information content (AvgIpc) is 2.72. The van der Waals surface area contributed by atoms with Crippen molar-refractivity contribution in [2.75, 3.05) is 32.2 Å². The van der Waals surface area contributed by atoms with Gasteiger partial charge in [-0.25, -0.2) is 4.79 Å². The molecule has 0 saturated carbocycles. The molecule has 27 heavy (non-hydrogen) atoms. The summed E-state index contributed by atoms with van der Waals surface area (Å²) in [5, 5.41) is 3.65. The minimum Gasteiger partial charge on any atom is -0.495 e. The van der Waals surface area contributed by atoms with E-state index in [0.717, 1.165) is 38.2 Å². The van der Waals surface area contributed by atoms with E-state index in [0.29, 0.717) is 17.4 Å². The van der Waals surface area contributed by atoms with Crippen molar-refractivity contribution in [2.24, 2.45) is 0 Å². The first-order chi connectivity index (χ1) is 12.7. The van der Waals surface area contributed by atoms with Crippen LogP contribution in [0.3, 0.4) is 0 Å². The first-order valence-corrected chi connectivity index (χ1v) is 9.00. The summed E-state index contributed by atoms with van der Waals surface area (Å²) >= 11 is 0. The lowest BCUT2D eigenvalue weighted by Gasteiger charge is -2.35. The van der Waals surface area contributed by atoms with Crippen LogP contribution in [0.15, 0.2) is 48.5 Å². The van der Waals surface area contributed by atoms with E-state index in [9.17, 15) is 4.79 Å². The van der Waals surface area contributed by atoms with Gasteiger partial charge in [0.15, 0.2) is 0 Å². The van der Waals surface area contributed by atoms with Gasteiger partial charge in [0.05, 0.1) is 25.5 Å². The summed E-state index contributed by atoms with van der Waals surface area (Å²) in [6.45, 7) is 2.82. The second-order valence-electron chi connectivity index (χ2n) is 6.51. The number of piperidine rings is 1.